The van der Waals surface area contributed by atoms with Crippen LogP contribution in [0.4, 0.5) is 5.00 Å². The van der Waals surface area contributed by atoms with Gasteiger partial charge in [-0.2, -0.15) is 5.26 Å². The van der Waals surface area contributed by atoms with Gasteiger partial charge in [0.05, 0.1) is 5.56 Å². The molecule has 2 atom stereocenters. The van der Waals surface area contributed by atoms with Crippen LogP contribution in [0.1, 0.15) is 35.8 Å². The van der Waals surface area contributed by atoms with Crippen molar-refractivity contribution in [2.75, 3.05) is 11.9 Å². The molecule has 0 spiro atoms. The lowest BCUT2D eigenvalue weighted by atomic mass is 10.2. The molecule has 0 radical (unpaired) electrons. The summed E-state index contributed by atoms with van der Waals surface area (Å²) in [5, 5.41) is 15.2. The minimum atomic E-state index is -0.183. The van der Waals surface area contributed by atoms with Crippen LogP contribution in [0, 0.1) is 37.0 Å². The molecule has 1 aliphatic rings. The fourth-order valence-corrected chi connectivity index (χ4v) is 3.18. The zero-order valence-electron chi connectivity index (χ0n) is 12.4. The van der Waals surface area contributed by atoms with Crippen molar-refractivity contribution in [1.29, 1.82) is 5.26 Å². The van der Waals surface area contributed by atoms with Gasteiger partial charge >= 0.3 is 0 Å². The number of carbonyl (C=O) groups is 2. The van der Waals surface area contributed by atoms with E-state index in [4.69, 9.17) is 5.26 Å². The molecule has 1 aromatic rings. The number of thiophene rings is 1. The Morgan fingerprint density at radius 2 is 2.10 bits per heavy atom. The first-order valence-electron chi connectivity index (χ1n) is 7.01. The van der Waals surface area contributed by atoms with Crippen molar-refractivity contribution in [2.45, 2.75) is 33.6 Å². The standard InChI is InChI=1S/C15H19N3O2S/c1-8-6-11(8)14(20)17-5-4-13(19)18-15-12(7-16)9(2)10(3)21-15/h8,11H,4-6H2,1-3H3,(H,17,20)(H,18,19)/t8-,11+/m0/s1. The summed E-state index contributed by atoms with van der Waals surface area (Å²) in [6, 6.07) is 2.12. The average Bonchev–Trinajstić information content (AvgIpc) is 3.09. The number of nitrogens with one attached hydrogen (secondary N) is 2. The maximum Gasteiger partial charge on any atom is 0.226 e. The predicted molar refractivity (Wildman–Crippen MR) is 82.0 cm³/mol. The van der Waals surface area contributed by atoms with Crippen LogP contribution in [-0.4, -0.2) is 18.4 Å². The lowest BCUT2D eigenvalue weighted by Crippen LogP contribution is -2.29. The Kier molecular flexibility index (Phi) is 4.63. The van der Waals surface area contributed by atoms with Gasteiger partial charge in [0, 0.05) is 23.8 Å². The summed E-state index contributed by atoms with van der Waals surface area (Å²) in [7, 11) is 0. The number of hydrogen-bond donors (Lipinski definition) is 2. The van der Waals surface area contributed by atoms with E-state index < -0.39 is 0 Å². The molecular formula is C15H19N3O2S. The summed E-state index contributed by atoms with van der Waals surface area (Å²) in [5.41, 5.74) is 1.44. The second-order valence-corrected chi connectivity index (χ2v) is 6.73. The first-order chi connectivity index (χ1) is 9.93. The van der Waals surface area contributed by atoms with Crippen LogP contribution < -0.4 is 10.6 Å². The highest BCUT2D eigenvalue weighted by atomic mass is 32.1. The van der Waals surface area contributed by atoms with E-state index in [1.807, 2.05) is 20.8 Å². The molecule has 0 unspecified atom stereocenters. The lowest BCUT2D eigenvalue weighted by molar-refractivity contribution is -0.122. The van der Waals surface area contributed by atoms with Crippen molar-refractivity contribution in [3.8, 4) is 6.07 Å². The largest absolute Gasteiger partial charge is 0.355 e. The Bertz CT molecular complexity index is 615. The van der Waals surface area contributed by atoms with Crippen LogP contribution in [0.2, 0.25) is 0 Å². The van der Waals surface area contributed by atoms with Crippen molar-refractivity contribution in [2.24, 2.45) is 11.8 Å². The third-order valence-electron chi connectivity index (χ3n) is 3.85. The molecule has 1 aliphatic carbocycles. The SMILES string of the molecule is Cc1sc(NC(=O)CCNC(=O)[C@@H]2C[C@@H]2C)c(C#N)c1C. The molecule has 0 aromatic carbocycles. The first kappa shape index (κ1) is 15.5. The molecular weight excluding hydrogens is 286 g/mol. The van der Waals surface area contributed by atoms with Gasteiger partial charge in [-0.3, -0.25) is 9.59 Å². The second-order valence-electron chi connectivity index (χ2n) is 5.51. The molecule has 2 N–H and O–H groups in total. The lowest BCUT2D eigenvalue weighted by Gasteiger charge is -2.05. The quantitative estimate of drug-likeness (QED) is 0.876. The van der Waals surface area contributed by atoms with Crippen LogP contribution >= 0.6 is 11.3 Å². The average molecular weight is 305 g/mol. The zero-order chi connectivity index (χ0) is 15.6. The van der Waals surface area contributed by atoms with Crippen LogP contribution in [0.3, 0.4) is 0 Å². The highest BCUT2D eigenvalue weighted by Gasteiger charge is 2.38. The first-order valence-corrected chi connectivity index (χ1v) is 7.83. The fourth-order valence-electron chi connectivity index (χ4n) is 2.16. The Balaban J connectivity index is 1.81. The molecule has 0 aliphatic heterocycles. The van der Waals surface area contributed by atoms with E-state index in [0.29, 0.717) is 23.0 Å². The Labute approximate surface area is 128 Å². The van der Waals surface area contributed by atoms with E-state index in [1.54, 1.807) is 0 Å². The summed E-state index contributed by atoms with van der Waals surface area (Å²) in [5.74, 6) is 0.447. The molecule has 1 fully saturated rings. The number of aryl methyl sites for hydroxylation is 1. The maximum absolute atomic E-state index is 11.9. The molecule has 2 amide bonds. The monoisotopic (exact) mass is 305 g/mol. The van der Waals surface area contributed by atoms with Crippen molar-refractivity contribution in [3.05, 3.63) is 16.0 Å². The molecule has 1 heterocycles. The summed E-state index contributed by atoms with van der Waals surface area (Å²) < 4.78 is 0. The number of rotatable bonds is 5. The second kappa shape index (κ2) is 6.27. The van der Waals surface area contributed by atoms with Gasteiger partial charge in [0.1, 0.15) is 11.1 Å². The van der Waals surface area contributed by atoms with Crippen LogP contribution in [0.5, 0.6) is 0 Å². The molecule has 5 nitrogen and oxygen atoms in total. The van der Waals surface area contributed by atoms with Crippen molar-refractivity contribution in [3.63, 3.8) is 0 Å². The summed E-state index contributed by atoms with van der Waals surface area (Å²) in [6.07, 6.45) is 1.16. The summed E-state index contributed by atoms with van der Waals surface area (Å²) in [4.78, 5) is 24.5. The van der Waals surface area contributed by atoms with Gasteiger partial charge < -0.3 is 10.6 Å². The topological polar surface area (TPSA) is 82.0 Å². The van der Waals surface area contributed by atoms with Crippen LogP contribution in [-0.2, 0) is 9.59 Å². The molecule has 1 aromatic heterocycles. The van der Waals surface area contributed by atoms with E-state index in [-0.39, 0.29) is 24.2 Å². The minimum absolute atomic E-state index is 0.0378. The van der Waals surface area contributed by atoms with E-state index >= 15 is 0 Å². The molecule has 6 heteroatoms. The van der Waals surface area contributed by atoms with Gasteiger partial charge in [0.2, 0.25) is 11.8 Å². The van der Waals surface area contributed by atoms with E-state index in [0.717, 1.165) is 16.9 Å². The minimum Gasteiger partial charge on any atom is -0.355 e. The van der Waals surface area contributed by atoms with Gasteiger partial charge in [-0.05, 0) is 31.7 Å². The number of amides is 2. The molecule has 21 heavy (non-hydrogen) atoms. The normalized spacial score (nSPS) is 19.7. The molecule has 2 rings (SSSR count). The van der Waals surface area contributed by atoms with Crippen molar-refractivity contribution >= 4 is 28.2 Å². The number of nitriles is 1. The highest BCUT2D eigenvalue weighted by molar-refractivity contribution is 7.16. The smallest absolute Gasteiger partial charge is 0.226 e. The maximum atomic E-state index is 11.9. The Hall–Kier alpha value is -1.87. The third kappa shape index (κ3) is 3.61. The van der Waals surface area contributed by atoms with Crippen molar-refractivity contribution < 1.29 is 9.59 Å². The van der Waals surface area contributed by atoms with E-state index in [1.165, 1.54) is 11.3 Å². The Morgan fingerprint density at radius 1 is 1.43 bits per heavy atom. The number of nitrogens with zero attached hydrogens (tertiary/aromatic N) is 1. The van der Waals surface area contributed by atoms with Gasteiger partial charge in [-0.15, -0.1) is 11.3 Å². The van der Waals surface area contributed by atoms with E-state index in [2.05, 4.69) is 16.7 Å². The predicted octanol–water partition coefficient (Wildman–Crippen LogP) is 2.34. The van der Waals surface area contributed by atoms with Gasteiger partial charge in [-0.25, -0.2) is 0 Å². The number of carbonyl (C=O) groups excluding carboxylic acids is 2. The summed E-state index contributed by atoms with van der Waals surface area (Å²) >= 11 is 1.41. The highest BCUT2D eigenvalue weighted by Crippen LogP contribution is 2.37. The molecule has 112 valence electrons. The van der Waals surface area contributed by atoms with Gasteiger partial charge in [0.25, 0.3) is 0 Å². The molecule has 0 saturated heterocycles. The summed E-state index contributed by atoms with van der Waals surface area (Å²) in [6.45, 7) is 6.17. The van der Waals surface area contributed by atoms with Crippen LogP contribution in [0.15, 0.2) is 0 Å². The van der Waals surface area contributed by atoms with E-state index in [9.17, 15) is 9.59 Å². The van der Waals surface area contributed by atoms with Gasteiger partial charge in [0.15, 0.2) is 0 Å². The molecule has 1 saturated carbocycles. The Morgan fingerprint density at radius 3 is 2.67 bits per heavy atom. The third-order valence-corrected chi connectivity index (χ3v) is 4.97. The number of hydrogen-bond acceptors (Lipinski definition) is 4. The van der Waals surface area contributed by atoms with Gasteiger partial charge in [-0.1, -0.05) is 6.92 Å². The van der Waals surface area contributed by atoms with Crippen LogP contribution in [0.25, 0.3) is 0 Å². The number of anilines is 1. The fraction of sp³-hybridized carbons (Fsp3) is 0.533. The molecule has 0 bridgehead atoms. The zero-order valence-corrected chi connectivity index (χ0v) is 13.3. The van der Waals surface area contributed by atoms with Crippen molar-refractivity contribution in [1.82, 2.24) is 5.32 Å².